The van der Waals surface area contributed by atoms with Crippen molar-refractivity contribution in [3.05, 3.63) is 140 Å². The molecule has 1 aliphatic heterocycles. The van der Waals surface area contributed by atoms with Crippen molar-refractivity contribution < 1.29 is 4.74 Å². The number of aromatic nitrogens is 1. The maximum atomic E-state index is 6.73. The fourth-order valence-corrected chi connectivity index (χ4v) is 5.94. The number of nitrogens with zero attached hydrogens (tertiary/aromatic N) is 1. The predicted octanol–water partition coefficient (Wildman–Crippen LogP) is 9.89. The van der Waals surface area contributed by atoms with E-state index in [4.69, 9.17) is 4.74 Å². The second kappa shape index (κ2) is 8.22. The first-order chi connectivity index (χ1) is 18.9. The van der Waals surface area contributed by atoms with E-state index >= 15 is 0 Å². The molecule has 0 amide bonds. The Labute approximate surface area is 221 Å². The Morgan fingerprint density at radius 2 is 0.974 bits per heavy atom. The summed E-state index contributed by atoms with van der Waals surface area (Å²) in [6.45, 7) is 0. The largest absolute Gasteiger partial charge is 0.455 e. The summed E-state index contributed by atoms with van der Waals surface area (Å²) in [5, 5.41) is 2.53. The third kappa shape index (κ3) is 3.07. The average molecular weight is 486 g/mol. The molecule has 0 N–H and O–H groups in total. The van der Waals surface area contributed by atoms with Gasteiger partial charge in [-0.15, -0.1) is 0 Å². The van der Waals surface area contributed by atoms with Crippen LogP contribution in [0.4, 0.5) is 0 Å². The monoisotopic (exact) mass is 485 g/mol. The van der Waals surface area contributed by atoms with E-state index in [1.54, 1.807) is 0 Å². The van der Waals surface area contributed by atoms with Crippen LogP contribution in [0.25, 0.3) is 60.9 Å². The molecule has 1 aromatic heterocycles. The molecule has 0 spiro atoms. The zero-order chi connectivity index (χ0) is 25.1. The van der Waals surface area contributed by atoms with Crippen LogP contribution in [0.3, 0.4) is 0 Å². The number of fused-ring (bicyclic) bond motifs is 8. The van der Waals surface area contributed by atoms with Crippen molar-refractivity contribution in [3.8, 4) is 50.6 Å². The molecular weight excluding hydrogens is 462 g/mol. The average Bonchev–Trinajstić information content (AvgIpc) is 3.24. The molecule has 0 radical (unpaired) electrons. The Bertz CT molecular complexity index is 1960. The van der Waals surface area contributed by atoms with Crippen molar-refractivity contribution in [2.75, 3.05) is 0 Å². The molecular formula is C36H23NO. The van der Waals surface area contributed by atoms with Gasteiger partial charge in [-0.2, -0.15) is 0 Å². The molecule has 0 saturated heterocycles. The van der Waals surface area contributed by atoms with Gasteiger partial charge in [0.1, 0.15) is 11.5 Å². The van der Waals surface area contributed by atoms with Crippen LogP contribution in [-0.4, -0.2) is 4.57 Å². The molecule has 7 aromatic rings. The van der Waals surface area contributed by atoms with Crippen LogP contribution in [0.1, 0.15) is 0 Å². The zero-order valence-electron chi connectivity index (χ0n) is 20.6. The van der Waals surface area contributed by atoms with Crippen molar-refractivity contribution >= 4 is 21.8 Å². The molecule has 178 valence electrons. The van der Waals surface area contributed by atoms with Gasteiger partial charge in [0.05, 0.1) is 11.0 Å². The van der Waals surface area contributed by atoms with Gasteiger partial charge in [0.15, 0.2) is 0 Å². The number of rotatable bonds is 2. The molecule has 0 unspecified atom stereocenters. The lowest BCUT2D eigenvalue weighted by Gasteiger charge is -2.16. The van der Waals surface area contributed by atoms with Crippen LogP contribution in [0.15, 0.2) is 140 Å². The summed E-state index contributed by atoms with van der Waals surface area (Å²) in [7, 11) is 0. The van der Waals surface area contributed by atoms with Gasteiger partial charge in [-0.05, 0) is 47.0 Å². The van der Waals surface area contributed by atoms with Gasteiger partial charge in [0, 0.05) is 33.2 Å². The van der Waals surface area contributed by atoms with E-state index in [1.165, 1.54) is 32.9 Å². The van der Waals surface area contributed by atoms with Gasteiger partial charge in [0.25, 0.3) is 0 Å². The Morgan fingerprint density at radius 3 is 1.74 bits per heavy atom. The van der Waals surface area contributed by atoms with Crippen molar-refractivity contribution in [1.82, 2.24) is 4.57 Å². The third-order valence-electron chi connectivity index (χ3n) is 7.62. The van der Waals surface area contributed by atoms with Crippen LogP contribution in [-0.2, 0) is 0 Å². The molecule has 0 bridgehead atoms. The van der Waals surface area contributed by atoms with E-state index in [-0.39, 0.29) is 0 Å². The first kappa shape index (κ1) is 21.0. The molecule has 6 aromatic carbocycles. The highest BCUT2D eigenvalue weighted by Crippen LogP contribution is 2.50. The molecule has 38 heavy (non-hydrogen) atoms. The number of hydrogen-bond acceptors (Lipinski definition) is 1. The molecule has 2 heteroatoms. The molecule has 8 rings (SSSR count). The SMILES string of the molecule is c1cc(-c2cccc3c2Oc2ccccc2-c2ccccc2-3)cc(-n2c3ccccc3c3ccccc32)c1. The van der Waals surface area contributed by atoms with E-state index in [0.717, 1.165) is 39.4 Å². The van der Waals surface area contributed by atoms with Gasteiger partial charge >= 0.3 is 0 Å². The minimum absolute atomic E-state index is 0.879. The summed E-state index contributed by atoms with van der Waals surface area (Å²) in [5.74, 6) is 1.77. The Balaban J connectivity index is 1.37. The highest BCUT2D eigenvalue weighted by Gasteiger charge is 2.23. The number of hydrogen-bond donors (Lipinski definition) is 0. The molecule has 0 aliphatic carbocycles. The van der Waals surface area contributed by atoms with Crippen molar-refractivity contribution in [3.63, 3.8) is 0 Å². The normalized spacial score (nSPS) is 11.9. The quantitative estimate of drug-likeness (QED) is 0.238. The Hall–Kier alpha value is -5.08. The van der Waals surface area contributed by atoms with Gasteiger partial charge in [-0.1, -0.05) is 109 Å². The lowest BCUT2D eigenvalue weighted by atomic mass is 9.92. The highest BCUT2D eigenvalue weighted by atomic mass is 16.5. The van der Waals surface area contributed by atoms with Gasteiger partial charge in [-0.3, -0.25) is 0 Å². The maximum absolute atomic E-state index is 6.73. The lowest BCUT2D eigenvalue weighted by Crippen LogP contribution is -1.95. The topological polar surface area (TPSA) is 14.2 Å². The second-order valence-corrected chi connectivity index (χ2v) is 9.75. The lowest BCUT2D eigenvalue weighted by molar-refractivity contribution is 0.489. The van der Waals surface area contributed by atoms with Crippen molar-refractivity contribution in [2.45, 2.75) is 0 Å². The summed E-state index contributed by atoms with van der Waals surface area (Å²) in [6, 6.07) is 49.4. The molecule has 1 aliphatic rings. The van der Waals surface area contributed by atoms with E-state index in [1.807, 2.05) is 6.07 Å². The third-order valence-corrected chi connectivity index (χ3v) is 7.62. The van der Waals surface area contributed by atoms with Gasteiger partial charge < -0.3 is 9.30 Å². The van der Waals surface area contributed by atoms with Crippen LogP contribution in [0, 0.1) is 0 Å². The first-order valence-corrected chi connectivity index (χ1v) is 13.0. The number of benzene rings is 6. The maximum Gasteiger partial charge on any atom is 0.143 e. The number of ether oxygens (including phenoxy) is 1. The fourth-order valence-electron chi connectivity index (χ4n) is 5.94. The molecule has 2 heterocycles. The zero-order valence-corrected chi connectivity index (χ0v) is 20.6. The van der Waals surface area contributed by atoms with Crippen LogP contribution >= 0.6 is 0 Å². The van der Waals surface area contributed by atoms with Crippen LogP contribution in [0.2, 0.25) is 0 Å². The first-order valence-electron chi connectivity index (χ1n) is 13.0. The van der Waals surface area contributed by atoms with E-state index < -0.39 is 0 Å². The minimum atomic E-state index is 0.879. The number of para-hydroxylation sites is 4. The van der Waals surface area contributed by atoms with E-state index in [2.05, 4.69) is 138 Å². The summed E-state index contributed by atoms with van der Waals surface area (Å²) >= 11 is 0. The Kier molecular flexibility index (Phi) is 4.55. The second-order valence-electron chi connectivity index (χ2n) is 9.75. The summed E-state index contributed by atoms with van der Waals surface area (Å²) in [4.78, 5) is 0. The van der Waals surface area contributed by atoms with Gasteiger partial charge in [0.2, 0.25) is 0 Å². The molecule has 2 nitrogen and oxygen atoms in total. The van der Waals surface area contributed by atoms with Gasteiger partial charge in [-0.25, -0.2) is 0 Å². The van der Waals surface area contributed by atoms with E-state index in [0.29, 0.717) is 0 Å². The van der Waals surface area contributed by atoms with Crippen LogP contribution in [0.5, 0.6) is 11.5 Å². The van der Waals surface area contributed by atoms with Crippen LogP contribution < -0.4 is 4.74 Å². The molecule has 0 atom stereocenters. The minimum Gasteiger partial charge on any atom is -0.455 e. The summed E-state index contributed by atoms with van der Waals surface area (Å²) in [5.41, 5.74) is 10.3. The smallest absolute Gasteiger partial charge is 0.143 e. The van der Waals surface area contributed by atoms with Crippen molar-refractivity contribution in [1.29, 1.82) is 0 Å². The highest BCUT2D eigenvalue weighted by molar-refractivity contribution is 6.09. The standard InChI is InChI=1S/C36H23NO/c1-2-14-28-27(13-1)31-17-5-8-22-35(31)38-36-26(18-10-19-32(28)36)24-11-9-12-25(23-24)37-33-20-6-3-15-29(33)30-16-4-7-21-34(30)37/h1-23H. The predicted molar refractivity (Wildman–Crippen MR) is 157 cm³/mol. The Morgan fingerprint density at radius 1 is 0.421 bits per heavy atom. The van der Waals surface area contributed by atoms with Crippen molar-refractivity contribution in [2.24, 2.45) is 0 Å². The summed E-state index contributed by atoms with van der Waals surface area (Å²) < 4.78 is 9.10. The molecule has 0 saturated carbocycles. The molecule has 0 fully saturated rings. The fraction of sp³-hybridized carbons (Fsp3) is 0. The summed E-state index contributed by atoms with van der Waals surface area (Å²) in [6.07, 6.45) is 0. The van der Waals surface area contributed by atoms with E-state index in [9.17, 15) is 0 Å².